The number of allylic oxidation sites excluding steroid dienone is 2. The second-order valence-corrected chi connectivity index (χ2v) is 2.90. The monoisotopic (exact) mass is 136 g/mol. The molecule has 52 valence electrons. The van der Waals surface area contributed by atoms with Gasteiger partial charge >= 0.3 is 0 Å². The van der Waals surface area contributed by atoms with E-state index in [2.05, 4.69) is 12.2 Å². The number of epoxide rings is 2. The third-order valence-corrected chi connectivity index (χ3v) is 2.16. The van der Waals surface area contributed by atoms with Gasteiger partial charge in [-0.15, -0.1) is 0 Å². The molecule has 0 spiro atoms. The average molecular weight is 136 g/mol. The standard InChI is InChI=1S/C8H8O2/c1-2-4-6-8(10-6)7-5(3-1)9-7/h1-8H. The van der Waals surface area contributed by atoms with Crippen LogP contribution in [0.5, 0.6) is 0 Å². The molecule has 0 aromatic rings. The molecule has 2 heteroatoms. The fourth-order valence-electron chi connectivity index (χ4n) is 1.46. The van der Waals surface area contributed by atoms with Crippen LogP contribution in [0.4, 0.5) is 0 Å². The molecular formula is C8H8O2. The fraction of sp³-hybridized carbons (Fsp3) is 0.500. The molecule has 0 radical (unpaired) electrons. The molecule has 4 unspecified atom stereocenters. The molecule has 0 saturated carbocycles. The quantitative estimate of drug-likeness (QED) is 0.457. The van der Waals surface area contributed by atoms with Crippen LogP contribution in [0.15, 0.2) is 24.3 Å². The number of ether oxygens (including phenoxy) is 2. The molecule has 3 rings (SSSR count). The van der Waals surface area contributed by atoms with Gasteiger partial charge in [-0.2, -0.15) is 0 Å². The third-order valence-electron chi connectivity index (χ3n) is 2.16. The summed E-state index contributed by atoms with van der Waals surface area (Å²) in [4.78, 5) is 0. The molecule has 1 aliphatic carbocycles. The molecule has 2 fully saturated rings. The first-order chi connectivity index (χ1) is 4.95. The lowest BCUT2D eigenvalue weighted by Crippen LogP contribution is -2.03. The highest BCUT2D eigenvalue weighted by Crippen LogP contribution is 2.40. The van der Waals surface area contributed by atoms with Gasteiger partial charge in [-0.05, 0) is 0 Å². The Morgan fingerprint density at radius 3 is 1.80 bits per heavy atom. The van der Waals surface area contributed by atoms with E-state index in [-0.39, 0.29) is 0 Å². The van der Waals surface area contributed by atoms with Crippen LogP contribution in [0.2, 0.25) is 0 Å². The SMILES string of the molecule is C1=CC2OC2C2OC2C=C1. The summed E-state index contributed by atoms with van der Waals surface area (Å²) >= 11 is 0. The van der Waals surface area contributed by atoms with Crippen molar-refractivity contribution < 1.29 is 9.47 Å². The average Bonchev–Trinajstić information content (AvgIpc) is 2.68. The van der Waals surface area contributed by atoms with Crippen molar-refractivity contribution in [1.29, 1.82) is 0 Å². The lowest BCUT2D eigenvalue weighted by atomic mass is 10.1. The maximum atomic E-state index is 5.34. The first-order valence-electron chi connectivity index (χ1n) is 3.61. The molecule has 0 amide bonds. The van der Waals surface area contributed by atoms with Gasteiger partial charge in [0.15, 0.2) is 0 Å². The van der Waals surface area contributed by atoms with E-state index >= 15 is 0 Å². The summed E-state index contributed by atoms with van der Waals surface area (Å²) in [5, 5.41) is 0. The van der Waals surface area contributed by atoms with E-state index < -0.39 is 0 Å². The Labute approximate surface area is 59.1 Å². The van der Waals surface area contributed by atoms with Crippen LogP contribution >= 0.6 is 0 Å². The normalized spacial score (nSPS) is 54.4. The van der Waals surface area contributed by atoms with E-state index in [1.54, 1.807) is 0 Å². The van der Waals surface area contributed by atoms with Gasteiger partial charge in [0, 0.05) is 0 Å². The van der Waals surface area contributed by atoms with Crippen molar-refractivity contribution in [2.45, 2.75) is 24.4 Å². The molecular weight excluding hydrogens is 128 g/mol. The van der Waals surface area contributed by atoms with Crippen molar-refractivity contribution in [3.8, 4) is 0 Å². The molecule has 0 bridgehead atoms. The molecule has 2 aliphatic heterocycles. The topological polar surface area (TPSA) is 25.1 Å². The van der Waals surface area contributed by atoms with Gasteiger partial charge in [-0.25, -0.2) is 0 Å². The lowest BCUT2D eigenvalue weighted by molar-refractivity contribution is 0.316. The van der Waals surface area contributed by atoms with Gasteiger partial charge in [0.05, 0.1) is 0 Å². The maximum Gasteiger partial charge on any atom is 0.117 e. The van der Waals surface area contributed by atoms with Crippen LogP contribution in [0, 0.1) is 0 Å². The largest absolute Gasteiger partial charge is 0.362 e. The number of hydrogen-bond acceptors (Lipinski definition) is 2. The summed E-state index contributed by atoms with van der Waals surface area (Å²) < 4.78 is 10.7. The van der Waals surface area contributed by atoms with E-state index in [0.29, 0.717) is 24.4 Å². The predicted molar refractivity (Wildman–Crippen MR) is 35.6 cm³/mol. The Morgan fingerprint density at radius 1 is 0.800 bits per heavy atom. The van der Waals surface area contributed by atoms with Crippen LogP contribution in [0.25, 0.3) is 0 Å². The third kappa shape index (κ3) is 0.604. The van der Waals surface area contributed by atoms with E-state index in [1.807, 2.05) is 12.2 Å². The van der Waals surface area contributed by atoms with Gasteiger partial charge in [0.2, 0.25) is 0 Å². The van der Waals surface area contributed by atoms with Gasteiger partial charge in [0.1, 0.15) is 24.4 Å². The van der Waals surface area contributed by atoms with Crippen molar-refractivity contribution in [3.05, 3.63) is 24.3 Å². The van der Waals surface area contributed by atoms with E-state index in [9.17, 15) is 0 Å². The molecule has 2 heterocycles. The molecule has 3 aliphatic rings. The van der Waals surface area contributed by atoms with Crippen LogP contribution in [-0.2, 0) is 9.47 Å². The molecule has 4 atom stereocenters. The Bertz CT molecular complexity index is 195. The number of rotatable bonds is 0. The maximum absolute atomic E-state index is 5.34. The molecule has 10 heavy (non-hydrogen) atoms. The van der Waals surface area contributed by atoms with E-state index in [1.165, 1.54) is 0 Å². The minimum atomic E-state index is 0.347. The van der Waals surface area contributed by atoms with E-state index in [0.717, 1.165) is 0 Å². The predicted octanol–water partition coefficient (Wildman–Crippen LogP) is 0.647. The zero-order chi connectivity index (χ0) is 6.55. The molecule has 0 N–H and O–H groups in total. The summed E-state index contributed by atoms with van der Waals surface area (Å²) in [6, 6.07) is 0. The van der Waals surface area contributed by atoms with Gasteiger partial charge < -0.3 is 9.47 Å². The minimum absolute atomic E-state index is 0.347. The highest BCUT2D eigenvalue weighted by molar-refractivity contribution is 5.22. The first kappa shape index (κ1) is 5.10. The van der Waals surface area contributed by atoms with Crippen molar-refractivity contribution >= 4 is 0 Å². The van der Waals surface area contributed by atoms with Crippen molar-refractivity contribution in [3.63, 3.8) is 0 Å². The van der Waals surface area contributed by atoms with Crippen molar-refractivity contribution in [1.82, 2.24) is 0 Å². The van der Waals surface area contributed by atoms with Gasteiger partial charge in [-0.3, -0.25) is 0 Å². The summed E-state index contributed by atoms with van der Waals surface area (Å²) in [6.07, 6.45) is 9.65. The second-order valence-electron chi connectivity index (χ2n) is 2.90. The Morgan fingerprint density at radius 2 is 1.30 bits per heavy atom. The van der Waals surface area contributed by atoms with Gasteiger partial charge in [-0.1, -0.05) is 24.3 Å². The first-order valence-corrected chi connectivity index (χ1v) is 3.61. The van der Waals surface area contributed by atoms with Crippen molar-refractivity contribution in [2.75, 3.05) is 0 Å². The summed E-state index contributed by atoms with van der Waals surface area (Å²) in [5.74, 6) is 0. The number of hydrogen-bond donors (Lipinski definition) is 0. The van der Waals surface area contributed by atoms with Crippen molar-refractivity contribution in [2.24, 2.45) is 0 Å². The van der Waals surface area contributed by atoms with Crippen LogP contribution in [0.1, 0.15) is 0 Å². The summed E-state index contributed by atoms with van der Waals surface area (Å²) in [7, 11) is 0. The minimum Gasteiger partial charge on any atom is -0.362 e. The Balaban J connectivity index is 1.90. The Hall–Kier alpha value is -0.600. The smallest absolute Gasteiger partial charge is 0.117 e. The zero-order valence-corrected chi connectivity index (χ0v) is 5.44. The van der Waals surface area contributed by atoms with Crippen LogP contribution in [-0.4, -0.2) is 24.4 Å². The van der Waals surface area contributed by atoms with E-state index in [4.69, 9.17) is 9.47 Å². The molecule has 2 nitrogen and oxygen atoms in total. The fourth-order valence-corrected chi connectivity index (χ4v) is 1.46. The van der Waals surface area contributed by atoms with Crippen LogP contribution in [0.3, 0.4) is 0 Å². The molecule has 2 saturated heterocycles. The molecule has 0 aromatic carbocycles. The highest BCUT2D eigenvalue weighted by atomic mass is 16.7. The highest BCUT2D eigenvalue weighted by Gasteiger charge is 2.55. The summed E-state index contributed by atoms with van der Waals surface area (Å²) in [6.45, 7) is 0. The lowest BCUT2D eigenvalue weighted by Gasteiger charge is -1.83. The summed E-state index contributed by atoms with van der Waals surface area (Å²) in [5.41, 5.74) is 0. The Kier molecular flexibility index (Phi) is 0.775. The zero-order valence-electron chi connectivity index (χ0n) is 5.44. The number of fused-ring (bicyclic) bond motifs is 3. The molecule has 0 aromatic heterocycles. The second kappa shape index (κ2) is 1.52. The van der Waals surface area contributed by atoms with Gasteiger partial charge in [0.25, 0.3) is 0 Å². The van der Waals surface area contributed by atoms with Crippen LogP contribution < -0.4 is 0 Å².